The maximum absolute atomic E-state index is 11.7. The van der Waals surface area contributed by atoms with Crippen LogP contribution in [-0.4, -0.2) is 17.0 Å². The number of allylic oxidation sites excluding steroid dienone is 2. The lowest BCUT2D eigenvalue weighted by atomic mass is 9.71. The van der Waals surface area contributed by atoms with E-state index in [2.05, 4.69) is 12.2 Å². The van der Waals surface area contributed by atoms with Crippen LogP contribution in [0, 0.1) is 23.7 Å². The minimum absolute atomic E-state index is 0.166. The van der Waals surface area contributed by atoms with Gasteiger partial charge in [0.15, 0.2) is 0 Å². The number of Topliss-reactive ketones (excluding diaryl/α,β-unsaturated/α-hetero) is 1. The Morgan fingerprint density at radius 1 is 1.31 bits per heavy atom. The first-order valence-electron chi connectivity index (χ1n) is 5.16. The fraction of sp³-hybridized carbons (Fsp3) is 0.727. The van der Waals surface area contributed by atoms with Crippen molar-refractivity contribution >= 4 is 5.78 Å². The first-order chi connectivity index (χ1) is 6.27. The maximum Gasteiger partial charge on any atom is 0.137 e. The third kappa shape index (κ3) is 0.896. The SMILES string of the molecule is O=C1CC[C@@H](O)[C@@H]2[C@H]1[C@@H]1C=C[C@H]2C1. The average molecular weight is 178 g/mol. The first-order valence-corrected chi connectivity index (χ1v) is 5.16. The number of aliphatic hydroxyl groups is 1. The van der Waals surface area contributed by atoms with Gasteiger partial charge < -0.3 is 5.11 Å². The lowest BCUT2D eigenvalue weighted by Crippen LogP contribution is -2.40. The molecular weight excluding hydrogens is 164 g/mol. The van der Waals surface area contributed by atoms with Crippen molar-refractivity contribution in [1.29, 1.82) is 0 Å². The van der Waals surface area contributed by atoms with Gasteiger partial charge >= 0.3 is 0 Å². The molecule has 3 aliphatic rings. The molecule has 2 saturated carbocycles. The minimum Gasteiger partial charge on any atom is -0.393 e. The van der Waals surface area contributed by atoms with Gasteiger partial charge in [0.2, 0.25) is 0 Å². The highest BCUT2D eigenvalue weighted by Gasteiger charge is 2.52. The van der Waals surface area contributed by atoms with E-state index in [1.54, 1.807) is 0 Å². The van der Waals surface area contributed by atoms with Crippen LogP contribution < -0.4 is 0 Å². The first kappa shape index (κ1) is 7.74. The number of aliphatic hydroxyl groups excluding tert-OH is 1. The van der Waals surface area contributed by atoms with Crippen molar-refractivity contribution in [2.24, 2.45) is 23.7 Å². The third-order valence-corrected chi connectivity index (χ3v) is 4.02. The van der Waals surface area contributed by atoms with Gasteiger partial charge in [-0.2, -0.15) is 0 Å². The molecule has 13 heavy (non-hydrogen) atoms. The summed E-state index contributed by atoms with van der Waals surface area (Å²) in [5.74, 6) is 1.77. The minimum atomic E-state index is -0.220. The summed E-state index contributed by atoms with van der Waals surface area (Å²) in [6.45, 7) is 0. The molecule has 3 aliphatic carbocycles. The lowest BCUT2D eigenvalue weighted by Gasteiger charge is -2.35. The Bertz CT molecular complexity index is 282. The molecule has 1 N–H and O–H groups in total. The standard InChI is InChI=1S/C11H14O2/c12-8-3-4-9(13)11-7-2-1-6(5-7)10(8)11/h1-2,6-8,10-12H,3-5H2/t6-,7+,8+,10+,11-/m0/s1. The zero-order valence-corrected chi connectivity index (χ0v) is 7.52. The van der Waals surface area contributed by atoms with Gasteiger partial charge in [-0.1, -0.05) is 12.2 Å². The Hall–Kier alpha value is -0.630. The number of hydrogen-bond donors (Lipinski definition) is 1. The van der Waals surface area contributed by atoms with Crippen molar-refractivity contribution in [3.05, 3.63) is 12.2 Å². The predicted octanol–water partition coefficient (Wildman–Crippen LogP) is 1.15. The summed E-state index contributed by atoms with van der Waals surface area (Å²) < 4.78 is 0. The van der Waals surface area contributed by atoms with Crippen LogP contribution in [0.25, 0.3) is 0 Å². The van der Waals surface area contributed by atoms with E-state index in [4.69, 9.17) is 0 Å². The summed E-state index contributed by atoms with van der Waals surface area (Å²) in [6.07, 6.45) is 6.56. The molecule has 0 aromatic rings. The van der Waals surface area contributed by atoms with Crippen LogP contribution in [-0.2, 0) is 4.79 Å². The van der Waals surface area contributed by atoms with E-state index in [-0.39, 0.29) is 17.9 Å². The number of rotatable bonds is 0. The van der Waals surface area contributed by atoms with Gasteiger partial charge in [0.05, 0.1) is 6.10 Å². The van der Waals surface area contributed by atoms with Crippen molar-refractivity contribution < 1.29 is 9.90 Å². The van der Waals surface area contributed by atoms with Crippen LogP contribution in [0.15, 0.2) is 12.2 Å². The van der Waals surface area contributed by atoms with Crippen molar-refractivity contribution in [2.75, 3.05) is 0 Å². The fourth-order valence-electron chi connectivity index (χ4n) is 3.49. The Kier molecular flexibility index (Phi) is 1.46. The number of fused-ring (bicyclic) bond motifs is 5. The number of hydrogen-bond acceptors (Lipinski definition) is 2. The van der Waals surface area contributed by atoms with Crippen molar-refractivity contribution in [2.45, 2.75) is 25.4 Å². The highest BCUT2D eigenvalue weighted by Crippen LogP contribution is 2.52. The molecule has 2 fully saturated rings. The molecule has 5 atom stereocenters. The van der Waals surface area contributed by atoms with Crippen LogP contribution in [0.5, 0.6) is 0 Å². The maximum atomic E-state index is 11.7. The van der Waals surface area contributed by atoms with Gasteiger partial charge in [0.1, 0.15) is 5.78 Å². The molecule has 2 bridgehead atoms. The molecule has 0 aromatic carbocycles. The fourth-order valence-corrected chi connectivity index (χ4v) is 3.49. The average Bonchev–Trinajstić information content (AvgIpc) is 2.70. The molecular formula is C11H14O2. The van der Waals surface area contributed by atoms with Gasteiger partial charge in [-0.05, 0) is 24.7 Å². The summed E-state index contributed by atoms with van der Waals surface area (Å²) in [6, 6.07) is 0. The van der Waals surface area contributed by atoms with Gasteiger partial charge in [0, 0.05) is 18.3 Å². The molecule has 2 heteroatoms. The zero-order chi connectivity index (χ0) is 9.00. The Morgan fingerprint density at radius 3 is 2.85 bits per heavy atom. The number of ketones is 1. The van der Waals surface area contributed by atoms with E-state index < -0.39 is 0 Å². The Labute approximate surface area is 77.6 Å². The van der Waals surface area contributed by atoms with Gasteiger partial charge in [-0.25, -0.2) is 0 Å². The second kappa shape index (κ2) is 2.44. The van der Waals surface area contributed by atoms with Crippen LogP contribution in [0.3, 0.4) is 0 Å². The zero-order valence-electron chi connectivity index (χ0n) is 7.52. The quantitative estimate of drug-likeness (QED) is 0.565. The van der Waals surface area contributed by atoms with Gasteiger partial charge in [-0.15, -0.1) is 0 Å². The number of carbonyl (C=O) groups excluding carboxylic acids is 1. The normalized spacial score (nSPS) is 52.7. The molecule has 0 aromatic heterocycles. The van der Waals surface area contributed by atoms with E-state index in [1.165, 1.54) is 0 Å². The number of carbonyl (C=O) groups is 1. The van der Waals surface area contributed by atoms with E-state index in [1.807, 2.05) is 0 Å². The highest BCUT2D eigenvalue weighted by molar-refractivity contribution is 5.83. The summed E-state index contributed by atoms with van der Waals surface area (Å²) in [4.78, 5) is 11.7. The molecule has 0 amide bonds. The smallest absolute Gasteiger partial charge is 0.137 e. The molecule has 0 heterocycles. The van der Waals surface area contributed by atoms with Crippen LogP contribution >= 0.6 is 0 Å². The molecule has 0 saturated heterocycles. The van der Waals surface area contributed by atoms with E-state index in [9.17, 15) is 9.90 Å². The van der Waals surface area contributed by atoms with Crippen LogP contribution in [0.2, 0.25) is 0 Å². The summed E-state index contributed by atoms with van der Waals surface area (Å²) in [5, 5.41) is 9.83. The van der Waals surface area contributed by atoms with Crippen molar-refractivity contribution in [1.82, 2.24) is 0 Å². The molecule has 0 unspecified atom stereocenters. The topological polar surface area (TPSA) is 37.3 Å². The molecule has 2 nitrogen and oxygen atoms in total. The van der Waals surface area contributed by atoms with E-state index in [0.29, 0.717) is 30.5 Å². The summed E-state index contributed by atoms with van der Waals surface area (Å²) in [7, 11) is 0. The third-order valence-electron chi connectivity index (χ3n) is 4.02. The Balaban J connectivity index is 1.98. The van der Waals surface area contributed by atoms with Crippen LogP contribution in [0.4, 0.5) is 0 Å². The predicted molar refractivity (Wildman–Crippen MR) is 48.0 cm³/mol. The molecule has 0 aliphatic heterocycles. The van der Waals surface area contributed by atoms with E-state index in [0.717, 1.165) is 6.42 Å². The second-order valence-electron chi connectivity index (χ2n) is 4.62. The van der Waals surface area contributed by atoms with Gasteiger partial charge in [0.25, 0.3) is 0 Å². The lowest BCUT2D eigenvalue weighted by molar-refractivity contribution is -0.131. The summed E-state index contributed by atoms with van der Waals surface area (Å²) >= 11 is 0. The summed E-state index contributed by atoms with van der Waals surface area (Å²) in [5.41, 5.74) is 0. The molecule has 0 radical (unpaired) electrons. The van der Waals surface area contributed by atoms with Crippen molar-refractivity contribution in [3.63, 3.8) is 0 Å². The largest absolute Gasteiger partial charge is 0.393 e. The Morgan fingerprint density at radius 2 is 2.08 bits per heavy atom. The monoisotopic (exact) mass is 178 g/mol. The van der Waals surface area contributed by atoms with Crippen molar-refractivity contribution in [3.8, 4) is 0 Å². The molecule has 3 rings (SSSR count). The van der Waals surface area contributed by atoms with Crippen LogP contribution in [0.1, 0.15) is 19.3 Å². The molecule has 0 spiro atoms. The van der Waals surface area contributed by atoms with E-state index >= 15 is 0 Å². The van der Waals surface area contributed by atoms with Gasteiger partial charge in [-0.3, -0.25) is 4.79 Å². The molecule has 70 valence electrons. The second-order valence-corrected chi connectivity index (χ2v) is 4.62. The highest BCUT2D eigenvalue weighted by atomic mass is 16.3.